The Morgan fingerprint density at radius 3 is 2.90 bits per heavy atom. The second-order valence-corrected chi connectivity index (χ2v) is 6.17. The maximum Gasteiger partial charge on any atom is 0.101 e. The van der Waals surface area contributed by atoms with Crippen molar-refractivity contribution in [2.75, 3.05) is 24.5 Å². The molecule has 1 aliphatic rings. The van der Waals surface area contributed by atoms with Crippen LogP contribution < -0.4 is 10.2 Å². The Morgan fingerprint density at radius 1 is 1.50 bits per heavy atom. The molecule has 3 nitrogen and oxygen atoms in total. The topological polar surface area (TPSA) is 39.1 Å². The van der Waals surface area contributed by atoms with Crippen LogP contribution >= 0.6 is 11.6 Å². The highest BCUT2D eigenvalue weighted by Gasteiger charge is 2.21. The van der Waals surface area contributed by atoms with Gasteiger partial charge in [0.15, 0.2) is 0 Å². The Bertz CT molecular complexity index is 487. The zero-order valence-corrected chi connectivity index (χ0v) is 13.0. The molecule has 0 saturated carbocycles. The number of halogens is 1. The molecule has 0 amide bonds. The first-order chi connectivity index (χ1) is 9.61. The van der Waals surface area contributed by atoms with Crippen molar-refractivity contribution in [3.05, 3.63) is 28.8 Å². The predicted molar refractivity (Wildman–Crippen MR) is 84.2 cm³/mol. The van der Waals surface area contributed by atoms with Crippen molar-refractivity contribution in [1.29, 1.82) is 5.26 Å². The van der Waals surface area contributed by atoms with Gasteiger partial charge < -0.3 is 10.2 Å². The standard InChI is InChI=1S/C16H22ClN3/c1-12(2)20(11-13-4-3-7-19-10-13)16-6-5-15(17)8-14(16)9-18/h5-6,8,12-13,19H,3-4,7,10-11H2,1-2H3. The van der Waals surface area contributed by atoms with Gasteiger partial charge in [-0.15, -0.1) is 0 Å². The number of hydrogen-bond donors (Lipinski definition) is 1. The summed E-state index contributed by atoms with van der Waals surface area (Å²) in [7, 11) is 0. The molecule has 1 atom stereocenters. The number of rotatable bonds is 4. The molecule has 1 saturated heterocycles. The lowest BCUT2D eigenvalue weighted by atomic mass is 9.97. The quantitative estimate of drug-likeness (QED) is 0.924. The summed E-state index contributed by atoms with van der Waals surface area (Å²) in [4.78, 5) is 2.33. The number of nitrogens with one attached hydrogen (secondary N) is 1. The monoisotopic (exact) mass is 291 g/mol. The molecule has 0 spiro atoms. The second-order valence-electron chi connectivity index (χ2n) is 5.73. The summed E-state index contributed by atoms with van der Waals surface area (Å²) in [5.74, 6) is 0.647. The molecule has 0 aliphatic carbocycles. The fraction of sp³-hybridized carbons (Fsp3) is 0.562. The van der Waals surface area contributed by atoms with Gasteiger partial charge in [0.2, 0.25) is 0 Å². The van der Waals surface area contributed by atoms with Crippen LogP contribution in [0.3, 0.4) is 0 Å². The summed E-state index contributed by atoms with van der Waals surface area (Å²) in [6.07, 6.45) is 2.49. The van der Waals surface area contributed by atoms with Gasteiger partial charge in [-0.05, 0) is 63.9 Å². The van der Waals surface area contributed by atoms with E-state index in [0.717, 1.165) is 25.3 Å². The zero-order valence-electron chi connectivity index (χ0n) is 12.2. The number of piperidine rings is 1. The summed E-state index contributed by atoms with van der Waals surface area (Å²) in [5.41, 5.74) is 1.66. The van der Waals surface area contributed by atoms with Gasteiger partial charge in [-0.1, -0.05) is 11.6 Å². The number of nitrogens with zero attached hydrogens (tertiary/aromatic N) is 2. The highest BCUT2D eigenvalue weighted by Crippen LogP contribution is 2.27. The van der Waals surface area contributed by atoms with Crippen LogP contribution in [0.2, 0.25) is 5.02 Å². The van der Waals surface area contributed by atoms with E-state index in [4.69, 9.17) is 11.6 Å². The van der Waals surface area contributed by atoms with Crippen LogP contribution in [0.25, 0.3) is 0 Å². The number of benzene rings is 1. The van der Waals surface area contributed by atoms with Gasteiger partial charge in [0.1, 0.15) is 6.07 Å². The van der Waals surface area contributed by atoms with Gasteiger partial charge in [-0.3, -0.25) is 0 Å². The van der Waals surface area contributed by atoms with Crippen molar-refractivity contribution in [2.45, 2.75) is 32.7 Å². The molecule has 1 N–H and O–H groups in total. The Balaban J connectivity index is 2.22. The Morgan fingerprint density at radius 2 is 2.30 bits per heavy atom. The van der Waals surface area contributed by atoms with Gasteiger partial charge in [-0.2, -0.15) is 5.26 Å². The van der Waals surface area contributed by atoms with Crippen molar-refractivity contribution >= 4 is 17.3 Å². The fourth-order valence-electron chi connectivity index (χ4n) is 2.79. The molecule has 1 fully saturated rings. The third-order valence-electron chi connectivity index (χ3n) is 3.87. The van der Waals surface area contributed by atoms with Crippen LogP contribution in [0.5, 0.6) is 0 Å². The maximum atomic E-state index is 9.33. The fourth-order valence-corrected chi connectivity index (χ4v) is 2.97. The van der Waals surface area contributed by atoms with Crippen molar-refractivity contribution in [2.24, 2.45) is 5.92 Å². The molecular weight excluding hydrogens is 270 g/mol. The average molecular weight is 292 g/mol. The summed E-state index contributed by atoms with van der Waals surface area (Å²) in [6, 6.07) is 8.23. The Hall–Kier alpha value is -1.24. The summed E-state index contributed by atoms with van der Waals surface area (Å²) >= 11 is 5.99. The van der Waals surface area contributed by atoms with Crippen molar-refractivity contribution in [3.63, 3.8) is 0 Å². The highest BCUT2D eigenvalue weighted by atomic mass is 35.5. The average Bonchev–Trinajstić information content (AvgIpc) is 2.46. The lowest BCUT2D eigenvalue weighted by molar-refractivity contribution is 0.371. The highest BCUT2D eigenvalue weighted by molar-refractivity contribution is 6.30. The van der Waals surface area contributed by atoms with E-state index in [2.05, 4.69) is 30.1 Å². The Kier molecular flexibility index (Phi) is 5.28. The van der Waals surface area contributed by atoms with Crippen LogP contribution in [-0.4, -0.2) is 25.7 Å². The molecule has 1 aromatic carbocycles. The molecule has 1 unspecified atom stereocenters. The predicted octanol–water partition coefficient (Wildman–Crippen LogP) is 3.43. The zero-order chi connectivity index (χ0) is 14.5. The van der Waals surface area contributed by atoms with Crippen molar-refractivity contribution in [3.8, 4) is 6.07 Å². The molecule has 20 heavy (non-hydrogen) atoms. The lowest BCUT2D eigenvalue weighted by Gasteiger charge is -2.35. The number of nitriles is 1. The largest absolute Gasteiger partial charge is 0.368 e. The molecule has 2 rings (SSSR count). The van der Waals surface area contributed by atoms with E-state index in [0.29, 0.717) is 22.5 Å². The molecular formula is C16H22ClN3. The van der Waals surface area contributed by atoms with E-state index in [9.17, 15) is 5.26 Å². The van der Waals surface area contributed by atoms with Crippen LogP contribution in [0.15, 0.2) is 18.2 Å². The minimum Gasteiger partial charge on any atom is -0.368 e. The summed E-state index contributed by atoms with van der Waals surface area (Å²) < 4.78 is 0. The smallest absolute Gasteiger partial charge is 0.101 e. The molecule has 0 radical (unpaired) electrons. The van der Waals surface area contributed by atoms with E-state index in [1.54, 1.807) is 6.07 Å². The van der Waals surface area contributed by atoms with E-state index in [-0.39, 0.29) is 0 Å². The minimum absolute atomic E-state index is 0.366. The Labute approximate surface area is 126 Å². The minimum atomic E-state index is 0.366. The lowest BCUT2D eigenvalue weighted by Crippen LogP contribution is -2.41. The third kappa shape index (κ3) is 3.65. The van der Waals surface area contributed by atoms with Crippen LogP contribution in [0, 0.1) is 17.2 Å². The van der Waals surface area contributed by atoms with E-state index >= 15 is 0 Å². The van der Waals surface area contributed by atoms with E-state index in [1.165, 1.54) is 12.8 Å². The van der Waals surface area contributed by atoms with Gasteiger partial charge in [0.25, 0.3) is 0 Å². The number of anilines is 1. The summed E-state index contributed by atoms with van der Waals surface area (Å²) in [5, 5.41) is 13.4. The molecule has 4 heteroatoms. The molecule has 1 aromatic rings. The molecule has 0 aromatic heterocycles. The third-order valence-corrected chi connectivity index (χ3v) is 4.10. The molecule has 0 bridgehead atoms. The number of hydrogen-bond acceptors (Lipinski definition) is 3. The van der Waals surface area contributed by atoms with Gasteiger partial charge in [0.05, 0.1) is 11.3 Å². The van der Waals surface area contributed by atoms with Crippen LogP contribution in [0.1, 0.15) is 32.3 Å². The van der Waals surface area contributed by atoms with Gasteiger partial charge in [0, 0.05) is 17.6 Å². The van der Waals surface area contributed by atoms with Crippen LogP contribution in [0.4, 0.5) is 5.69 Å². The molecule has 1 heterocycles. The molecule has 1 aliphatic heterocycles. The first-order valence-corrected chi connectivity index (χ1v) is 7.66. The van der Waals surface area contributed by atoms with Crippen LogP contribution in [-0.2, 0) is 0 Å². The molecule has 108 valence electrons. The van der Waals surface area contributed by atoms with E-state index < -0.39 is 0 Å². The normalized spacial score (nSPS) is 18.9. The van der Waals surface area contributed by atoms with Gasteiger partial charge in [-0.25, -0.2) is 0 Å². The SMILES string of the molecule is CC(C)N(CC1CCCNC1)c1ccc(Cl)cc1C#N. The van der Waals surface area contributed by atoms with Crippen molar-refractivity contribution < 1.29 is 0 Å². The first kappa shape index (κ1) is 15.2. The first-order valence-electron chi connectivity index (χ1n) is 7.29. The maximum absolute atomic E-state index is 9.33. The van der Waals surface area contributed by atoms with E-state index in [1.807, 2.05) is 12.1 Å². The van der Waals surface area contributed by atoms with Crippen molar-refractivity contribution in [1.82, 2.24) is 5.32 Å². The summed E-state index contributed by atoms with van der Waals surface area (Å²) in [6.45, 7) is 7.53. The van der Waals surface area contributed by atoms with Gasteiger partial charge >= 0.3 is 0 Å². The second kappa shape index (κ2) is 6.97.